The maximum absolute atomic E-state index is 12.6. The van der Waals surface area contributed by atoms with Crippen LogP contribution in [0.4, 0.5) is 0 Å². The van der Waals surface area contributed by atoms with Crippen LogP contribution in [0.2, 0.25) is 0 Å². The summed E-state index contributed by atoms with van der Waals surface area (Å²) in [6.07, 6.45) is 6.83. The first-order valence-electron chi connectivity index (χ1n) is 12.2. The Morgan fingerprint density at radius 3 is 2.76 bits per heavy atom. The third-order valence-corrected chi connectivity index (χ3v) is 7.22. The molecule has 33 heavy (non-hydrogen) atoms. The summed E-state index contributed by atoms with van der Waals surface area (Å²) < 4.78 is 1.98. The van der Waals surface area contributed by atoms with E-state index in [0.717, 1.165) is 57.4 Å². The van der Waals surface area contributed by atoms with E-state index >= 15 is 0 Å². The standard InChI is InChI=1S/C25H33N5O3/c31-21(15-29-11-10-17-4-1-2-5-19(17)13-29)12-26-25(33)22-16-30-14-20(8-9-23(30)28-22)27-24(32)18-6-3-7-18/h1-2,4-5,16,18,20-21,31H,3,6-15H2,(H,26,33)(H,27,32). The lowest BCUT2D eigenvalue weighted by Gasteiger charge is -2.30. The molecule has 2 aliphatic heterocycles. The van der Waals surface area contributed by atoms with Gasteiger partial charge in [0.2, 0.25) is 5.91 Å². The molecule has 0 bridgehead atoms. The van der Waals surface area contributed by atoms with Gasteiger partial charge in [-0.15, -0.1) is 0 Å². The molecular weight excluding hydrogens is 418 g/mol. The first kappa shape index (κ1) is 22.1. The molecule has 0 saturated heterocycles. The molecule has 0 spiro atoms. The van der Waals surface area contributed by atoms with Crippen LogP contribution in [0, 0.1) is 5.92 Å². The maximum atomic E-state index is 12.6. The molecule has 5 rings (SSSR count). The average Bonchev–Trinajstić information content (AvgIpc) is 3.20. The number of imidazole rings is 1. The van der Waals surface area contributed by atoms with Gasteiger partial charge in [0.05, 0.1) is 6.10 Å². The van der Waals surface area contributed by atoms with Crippen molar-refractivity contribution >= 4 is 11.8 Å². The normalized spacial score (nSPS) is 21.4. The van der Waals surface area contributed by atoms with E-state index in [9.17, 15) is 14.7 Å². The second kappa shape index (κ2) is 9.65. The van der Waals surface area contributed by atoms with E-state index in [-0.39, 0.29) is 30.3 Å². The Morgan fingerprint density at radius 2 is 1.97 bits per heavy atom. The molecule has 0 radical (unpaired) electrons. The van der Waals surface area contributed by atoms with Crippen LogP contribution >= 0.6 is 0 Å². The molecule has 3 N–H and O–H groups in total. The number of hydrogen-bond acceptors (Lipinski definition) is 5. The molecule has 1 aromatic heterocycles. The van der Waals surface area contributed by atoms with Crippen molar-refractivity contribution in [3.05, 3.63) is 53.1 Å². The van der Waals surface area contributed by atoms with E-state index in [2.05, 4.69) is 38.7 Å². The molecule has 8 nitrogen and oxygen atoms in total. The summed E-state index contributed by atoms with van der Waals surface area (Å²) in [6, 6.07) is 8.51. The van der Waals surface area contributed by atoms with Gasteiger partial charge in [0.15, 0.2) is 0 Å². The summed E-state index contributed by atoms with van der Waals surface area (Å²) in [5.74, 6) is 0.956. The van der Waals surface area contributed by atoms with Crippen molar-refractivity contribution in [3.63, 3.8) is 0 Å². The van der Waals surface area contributed by atoms with Crippen molar-refractivity contribution < 1.29 is 14.7 Å². The molecule has 2 atom stereocenters. The molecule has 3 heterocycles. The fourth-order valence-corrected chi connectivity index (χ4v) is 5.03. The minimum absolute atomic E-state index is 0.0900. The third-order valence-electron chi connectivity index (χ3n) is 7.22. The lowest BCUT2D eigenvalue weighted by molar-refractivity contribution is -0.128. The van der Waals surface area contributed by atoms with Gasteiger partial charge in [-0.05, 0) is 36.8 Å². The predicted octanol–water partition coefficient (Wildman–Crippen LogP) is 1.26. The zero-order valence-corrected chi connectivity index (χ0v) is 19.0. The number of nitrogens with one attached hydrogen (secondary N) is 2. The summed E-state index contributed by atoms with van der Waals surface area (Å²) in [7, 11) is 0. The molecule has 2 unspecified atom stereocenters. The number of nitrogens with zero attached hydrogens (tertiary/aromatic N) is 3. The zero-order valence-electron chi connectivity index (χ0n) is 19.0. The number of rotatable bonds is 7. The van der Waals surface area contributed by atoms with Gasteiger partial charge in [0, 0.05) is 57.3 Å². The van der Waals surface area contributed by atoms with Gasteiger partial charge in [0.25, 0.3) is 5.91 Å². The number of aliphatic hydroxyl groups is 1. The van der Waals surface area contributed by atoms with Crippen LogP contribution in [0.15, 0.2) is 30.5 Å². The monoisotopic (exact) mass is 451 g/mol. The first-order valence-corrected chi connectivity index (χ1v) is 12.2. The fraction of sp³-hybridized carbons (Fsp3) is 0.560. The van der Waals surface area contributed by atoms with Crippen LogP contribution in [-0.2, 0) is 30.7 Å². The second-order valence-electron chi connectivity index (χ2n) is 9.68. The SMILES string of the molecule is O=C(NCC(O)CN1CCc2ccccc2C1)c1cn2c(n1)CCC(NC(=O)C1CCC1)C2. The quantitative estimate of drug-likeness (QED) is 0.589. The number of aliphatic hydroxyl groups excluding tert-OH is 1. The Hall–Kier alpha value is -2.71. The molecule has 8 heteroatoms. The van der Waals surface area contributed by atoms with Crippen LogP contribution in [0.1, 0.15) is 53.1 Å². The lowest BCUT2D eigenvalue weighted by atomic mass is 9.84. The van der Waals surface area contributed by atoms with Crippen LogP contribution in [0.25, 0.3) is 0 Å². The maximum Gasteiger partial charge on any atom is 0.271 e. The van der Waals surface area contributed by atoms with Gasteiger partial charge in [-0.25, -0.2) is 4.98 Å². The number of carbonyl (C=O) groups is 2. The van der Waals surface area contributed by atoms with Gasteiger partial charge in [-0.1, -0.05) is 30.7 Å². The van der Waals surface area contributed by atoms with Crippen molar-refractivity contribution in [2.75, 3.05) is 19.6 Å². The number of amides is 2. The number of carbonyl (C=O) groups excluding carboxylic acids is 2. The summed E-state index contributed by atoms with van der Waals surface area (Å²) in [5.41, 5.74) is 3.06. The average molecular weight is 452 g/mol. The largest absolute Gasteiger partial charge is 0.390 e. The van der Waals surface area contributed by atoms with Crippen LogP contribution in [0.5, 0.6) is 0 Å². The molecule has 2 amide bonds. The second-order valence-corrected chi connectivity index (χ2v) is 9.68. The highest BCUT2D eigenvalue weighted by Gasteiger charge is 2.29. The fourth-order valence-electron chi connectivity index (χ4n) is 5.03. The van der Waals surface area contributed by atoms with Crippen molar-refractivity contribution in [2.24, 2.45) is 5.92 Å². The van der Waals surface area contributed by atoms with Gasteiger partial charge < -0.3 is 20.3 Å². The molecule has 1 aromatic carbocycles. The molecule has 1 saturated carbocycles. The molecule has 1 aliphatic carbocycles. The van der Waals surface area contributed by atoms with E-state index in [1.807, 2.05) is 10.6 Å². The Morgan fingerprint density at radius 1 is 1.15 bits per heavy atom. The molecule has 2 aromatic rings. The third kappa shape index (κ3) is 5.12. The summed E-state index contributed by atoms with van der Waals surface area (Å²) in [5, 5.41) is 16.5. The van der Waals surface area contributed by atoms with Crippen molar-refractivity contribution in [1.82, 2.24) is 25.1 Å². The highest BCUT2D eigenvalue weighted by atomic mass is 16.3. The molecule has 176 valence electrons. The number of β-amino-alcohol motifs (C(OH)–C–C–N with tert-alkyl or cyclic N) is 1. The van der Waals surface area contributed by atoms with Gasteiger partial charge >= 0.3 is 0 Å². The molecule has 3 aliphatic rings. The summed E-state index contributed by atoms with van der Waals surface area (Å²) >= 11 is 0. The van der Waals surface area contributed by atoms with Crippen molar-refractivity contribution in [2.45, 2.75) is 63.8 Å². The Labute approximate surface area is 194 Å². The van der Waals surface area contributed by atoms with E-state index in [1.54, 1.807) is 6.20 Å². The minimum Gasteiger partial charge on any atom is -0.390 e. The van der Waals surface area contributed by atoms with E-state index < -0.39 is 6.10 Å². The number of aromatic nitrogens is 2. The van der Waals surface area contributed by atoms with E-state index in [1.165, 1.54) is 11.1 Å². The smallest absolute Gasteiger partial charge is 0.271 e. The predicted molar refractivity (Wildman–Crippen MR) is 124 cm³/mol. The molecule has 1 fully saturated rings. The summed E-state index contributed by atoms with van der Waals surface area (Å²) in [6.45, 7) is 3.10. The van der Waals surface area contributed by atoms with Gasteiger partial charge in [-0.2, -0.15) is 0 Å². The van der Waals surface area contributed by atoms with Crippen LogP contribution < -0.4 is 10.6 Å². The molecular formula is C25H33N5O3. The minimum atomic E-state index is -0.637. The van der Waals surface area contributed by atoms with Crippen LogP contribution in [-0.4, -0.2) is 63.2 Å². The number of fused-ring (bicyclic) bond motifs is 2. The lowest BCUT2D eigenvalue weighted by Crippen LogP contribution is -2.44. The van der Waals surface area contributed by atoms with Gasteiger partial charge in [0.1, 0.15) is 11.5 Å². The zero-order chi connectivity index (χ0) is 22.8. The topological polar surface area (TPSA) is 99.5 Å². The number of benzene rings is 1. The number of hydrogen-bond donors (Lipinski definition) is 3. The van der Waals surface area contributed by atoms with E-state index in [0.29, 0.717) is 18.8 Å². The van der Waals surface area contributed by atoms with Crippen molar-refractivity contribution in [1.29, 1.82) is 0 Å². The van der Waals surface area contributed by atoms with Crippen molar-refractivity contribution in [3.8, 4) is 0 Å². The highest BCUT2D eigenvalue weighted by molar-refractivity contribution is 5.92. The Balaban J connectivity index is 1.09. The Bertz CT molecular complexity index is 1020. The summed E-state index contributed by atoms with van der Waals surface area (Å²) in [4.78, 5) is 31.6. The highest BCUT2D eigenvalue weighted by Crippen LogP contribution is 2.27. The Kier molecular flexibility index (Phi) is 6.46. The first-order chi connectivity index (χ1) is 16.0. The van der Waals surface area contributed by atoms with Crippen LogP contribution in [0.3, 0.4) is 0 Å². The van der Waals surface area contributed by atoms with E-state index in [4.69, 9.17) is 0 Å². The number of aryl methyl sites for hydroxylation is 1. The van der Waals surface area contributed by atoms with Gasteiger partial charge in [-0.3, -0.25) is 14.5 Å².